The molecule has 0 saturated carbocycles. The Morgan fingerprint density at radius 1 is 0.967 bits per heavy atom. The molecule has 0 bridgehead atoms. The van der Waals surface area contributed by atoms with Gasteiger partial charge in [0, 0.05) is 15.6 Å². The quantitative estimate of drug-likeness (QED) is 0.380. The first kappa shape index (κ1) is 21.4. The van der Waals surface area contributed by atoms with E-state index in [1.165, 1.54) is 14.2 Å². The minimum absolute atomic E-state index is 0.361. The first-order valence-corrected chi connectivity index (χ1v) is 9.91. The van der Waals surface area contributed by atoms with Gasteiger partial charge in [-0.2, -0.15) is 5.10 Å². The fourth-order valence-corrected chi connectivity index (χ4v) is 2.93. The van der Waals surface area contributed by atoms with Crippen molar-refractivity contribution in [1.82, 2.24) is 5.43 Å². The molecule has 0 aromatic heterocycles. The molecule has 0 saturated heterocycles. The molecular weight excluding hydrogens is 448 g/mol. The van der Waals surface area contributed by atoms with Crippen LogP contribution in [0.25, 0.3) is 0 Å². The van der Waals surface area contributed by atoms with E-state index in [4.69, 9.17) is 14.2 Å². The summed E-state index contributed by atoms with van der Waals surface area (Å²) in [5, 5.41) is 4.06. The number of nitrogens with one attached hydrogen (secondary N) is 1. The molecule has 0 aliphatic carbocycles. The molecule has 0 spiro atoms. The maximum absolute atomic E-state index is 12.4. The summed E-state index contributed by atoms with van der Waals surface area (Å²) >= 11 is 3.42. The Bertz CT molecular complexity index is 1040. The second-order valence-corrected chi connectivity index (χ2v) is 7.14. The molecule has 1 N–H and O–H groups in total. The third-order valence-electron chi connectivity index (χ3n) is 4.24. The number of nitrogens with zero attached hydrogens (tertiary/aromatic N) is 1. The van der Waals surface area contributed by atoms with Gasteiger partial charge >= 0.3 is 0 Å². The highest BCUT2D eigenvalue weighted by Crippen LogP contribution is 2.27. The largest absolute Gasteiger partial charge is 0.493 e. The number of benzene rings is 3. The van der Waals surface area contributed by atoms with Crippen molar-refractivity contribution >= 4 is 28.1 Å². The van der Waals surface area contributed by atoms with Crippen LogP contribution in [0.5, 0.6) is 17.2 Å². The normalized spacial score (nSPS) is 10.6. The number of hydrogen-bond donors (Lipinski definition) is 1. The molecular formula is C23H21BrN2O4. The maximum Gasteiger partial charge on any atom is 0.271 e. The van der Waals surface area contributed by atoms with Gasteiger partial charge in [-0.15, -0.1) is 0 Å². The van der Waals surface area contributed by atoms with Crippen molar-refractivity contribution in [3.63, 3.8) is 0 Å². The minimum Gasteiger partial charge on any atom is -0.493 e. The number of ether oxygens (including phenoxy) is 3. The van der Waals surface area contributed by atoms with Crippen LogP contribution in [0, 0.1) is 0 Å². The predicted octanol–water partition coefficient (Wildman–Crippen LogP) is 4.81. The van der Waals surface area contributed by atoms with Gasteiger partial charge in [0.2, 0.25) is 0 Å². The maximum atomic E-state index is 12.4. The van der Waals surface area contributed by atoms with Gasteiger partial charge in [0.15, 0.2) is 11.5 Å². The van der Waals surface area contributed by atoms with E-state index in [-0.39, 0.29) is 5.91 Å². The van der Waals surface area contributed by atoms with Gasteiger partial charge in [0.05, 0.1) is 20.4 Å². The van der Waals surface area contributed by atoms with Crippen molar-refractivity contribution < 1.29 is 19.0 Å². The number of hydrazone groups is 1. The SMILES string of the molecule is COc1ccc(C(=O)N/N=C\c2ccccc2OCc2ccc(Br)cc2)cc1OC. The molecule has 0 fully saturated rings. The molecule has 0 aliphatic heterocycles. The Morgan fingerprint density at radius 3 is 2.43 bits per heavy atom. The lowest BCUT2D eigenvalue weighted by molar-refractivity contribution is 0.0954. The standard InChI is InChI=1S/C23H21BrN2O4/c1-28-21-12-9-17(13-22(21)29-2)23(27)26-25-14-18-5-3-4-6-20(18)30-15-16-7-10-19(24)11-8-16/h3-14H,15H2,1-2H3,(H,26,27)/b25-14-. The average molecular weight is 469 g/mol. The smallest absolute Gasteiger partial charge is 0.271 e. The van der Waals surface area contributed by atoms with Gasteiger partial charge in [-0.25, -0.2) is 5.43 Å². The summed E-state index contributed by atoms with van der Waals surface area (Å²) < 4.78 is 17.3. The average Bonchev–Trinajstić information content (AvgIpc) is 2.78. The van der Waals surface area contributed by atoms with Crippen molar-refractivity contribution in [2.75, 3.05) is 14.2 Å². The minimum atomic E-state index is -0.361. The van der Waals surface area contributed by atoms with Crippen LogP contribution in [0.3, 0.4) is 0 Å². The van der Waals surface area contributed by atoms with E-state index in [0.29, 0.717) is 29.4 Å². The van der Waals surface area contributed by atoms with E-state index in [2.05, 4.69) is 26.5 Å². The van der Waals surface area contributed by atoms with Gasteiger partial charge in [-0.05, 0) is 48.0 Å². The number of amides is 1. The Hall–Kier alpha value is -3.32. The van der Waals surface area contributed by atoms with E-state index < -0.39 is 0 Å². The number of rotatable bonds is 8. The fraction of sp³-hybridized carbons (Fsp3) is 0.130. The second-order valence-electron chi connectivity index (χ2n) is 6.22. The van der Waals surface area contributed by atoms with Gasteiger partial charge in [-0.1, -0.05) is 40.2 Å². The van der Waals surface area contributed by atoms with Crippen LogP contribution < -0.4 is 19.6 Å². The van der Waals surface area contributed by atoms with Crippen LogP contribution in [-0.4, -0.2) is 26.3 Å². The summed E-state index contributed by atoms with van der Waals surface area (Å²) in [7, 11) is 3.06. The number of para-hydroxylation sites is 1. The Morgan fingerprint density at radius 2 is 1.70 bits per heavy atom. The molecule has 3 aromatic carbocycles. The fourth-order valence-electron chi connectivity index (χ4n) is 2.66. The highest BCUT2D eigenvalue weighted by molar-refractivity contribution is 9.10. The van der Waals surface area contributed by atoms with Crippen LogP contribution in [0.2, 0.25) is 0 Å². The zero-order valence-corrected chi connectivity index (χ0v) is 18.2. The Balaban J connectivity index is 1.65. The molecule has 0 unspecified atom stereocenters. The van der Waals surface area contributed by atoms with Crippen LogP contribution in [0.1, 0.15) is 21.5 Å². The van der Waals surface area contributed by atoms with Gasteiger partial charge in [0.1, 0.15) is 12.4 Å². The number of carbonyl (C=O) groups is 1. The van der Waals surface area contributed by atoms with Crippen LogP contribution in [0.15, 0.2) is 76.3 Å². The third kappa shape index (κ3) is 5.61. The van der Waals surface area contributed by atoms with Crippen LogP contribution in [0.4, 0.5) is 0 Å². The summed E-state index contributed by atoms with van der Waals surface area (Å²) in [6, 6.07) is 20.3. The number of methoxy groups -OCH3 is 2. The molecule has 0 heterocycles. The molecule has 0 atom stereocenters. The van der Waals surface area contributed by atoms with Crippen LogP contribution in [-0.2, 0) is 6.61 Å². The van der Waals surface area contributed by atoms with Crippen molar-refractivity contribution in [3.05, 3.63) is 87.9 Å². The van der Waals surface area contributed by atoms with Crippen molar-refractivity contribution in [1.29, 1.82) is 0 Å². The molecule has 0 aliphatic rings. The summed E-state index contributed by atoms with van der Waals surface area (Å²) in [6.07, 6.45) is 1.55. The summed E-state index contributed by atoms with van der Waals surface area (Å²) in [4.78, 5) is 12.4. The lowest BCUT2D eigenvalue weighted by atomic mass is 10.2. The van der Waals surface area contributed by atoms with Crippen LogP contribution >= 0.6 is 15.9 Å². The molecule has 6 nitrogen and oxygen atoms in total. The predicted molar refractivity (Wildman–Crippen MR) is 120 cm³/mol. The van der Waals surface area contributed by atoms with Gasteiger partial charge < -0.3 is 14.2 Å². The van der Waals surface area contributed by atoms with Crippen molar-refractivity contribution in [2.24, 2.45) is 5.10 Å². The lowest BCUT2D eigenvalue weighted by Gasteiger charge is -2.09. The number of carbonyl (C=O) groups excluding carboxylic acids is 1. The zero-order chi connectivity index (χ0) is 21.3. The van der Waals surface area contributed by atoms with Crippen molar-refractivity contribution in [3.8, 4) is 17.2 Å². The van der Waals surface area contributed by atoms with E-state index >= 15 is 0 Å². The summed E-state index contributed by atoms with van der Waals surface area (Å²) in [6.45, 7) is 0.427. The zero-order valence-electron chi connectivity index (χ0n) is 16.6. The Labute approximate surface area is 183 Å². The van der Waals surface area contributed by atoms with E-state index in [1.807, 2.05) is 48.5 Å². The van der Waals surface area contributed by atoms with Gasteiger partial charge in [-0.3, -0.25) is 4.79 Å². The topological polar surface area (TPSA) is 69.2 Å². The molecule has 3 rings (SSSR count). The summed E-state index contributed by atoms with van der Waals surface area (Å²) in [5.41, 5.74) is 4.72. The molecule has 154 valence electrons. The molecule has 1 amide bonds. The number of hydrogen-bond acceptors (Lipinski definition) is 5. The van der Waals surface area contributed by atoms with Gasteiger partial charge in [0.25, 0.3) is 5.91 Å². The van der Waals surface area contributed by atoms with E-state index in [9.17, 15) is 4.79 Å². The third-order valence-corrected chi connectivity index (χ3v) is 4.77. The first-order chi connectivity index (χ1) is 14.6. The monoisotopic (exact) mass is 468 g/mol. The molecule has 30 heavy (non-hydrogen) atoms. The highest BCUT2D eigenvalue weighted by Gasteiger charge is 2.10. The first-order valence-electron chi connectivity index (χ1n) is 9.12. The Kier molecular flexibility index (Phi) is 7.45. The van der Waals surface area contributed by atoms with E-state index in [1.54, 1.807) is 24.4 Å². The van der Waals surface area contributed by atoms with E-state index in [0.717, 1.165) is 15.6 Å². The molecule has 7 heteroatoms. The molecule has 0 radical (unpaired) electrons. The lowest BCUT2D eigenvalue weighted by Crippen LogP contribution is -2.17. The van der Waals surface area contributed by atoms with Crippen molar-refractivity contribution in [2.45, 2.75) is 6.61 Å². The second kappa shape index (κ2) is 10.5. The summed E-state index contributed by atoms with van der Waals surface area (Å²) in [5.74, 6) is 1.33. The molecule has 3 aromatic rings. The number of halogens is 1. The highest BCUT2D eigenvalue weighted by atomic mass is 79.9.